The Morgan fingerprint density at radius 1 is 1.33 bits per heavy atom. The molecule has 1 aliphatic heterocycles. The molecule has 1 aliphatic rings. The van der Waals surface area contributed by atoms with Crippen molar-refractivity contribution in [2.75, 3.05) is 19.8 Å². The third-order valence-corrected chi connectivity index (χ3v) is 3.47. The van der Waals surface area contributed by atoms with E-state index >= 15 is 0 Å². The standard InChI is InChI=1S/C16H23NO4/c1-3-19-16(18)9-11(2)8-13(17)12-4-5-14-15(10-12)21-7-6-20-14/h4-5,10-11,13H,3,6-9,17H2,1-2H3. The molecule has 5 heteroatoms. The molecule has 0 aromatic heterocycles. The molecule has 0 saturated heterocycles. The molecule has 116 valence electrons. The maximum absolute atomic E-state index is 11.5. The van der Waals surface area contributed by atoms with Crippen LogP contribution in [-0.4, -0.2) is 25.8 Å². The Hall–Kier alpha value is -1.75. The molecule has 1 heterocycles. The SMILES string of the molecule is CCOC(=O)CC(C)CC(N)c1ccc2c(c1)OCCO2. The van der Waals surface area contributed by atoms with Crippen molar-refractivity contribution in [3.05, 3.63) is 23.8 Å². The minimum Gasteiger partial charge on any atom is -0.486 e. The lowest BCUT2D eigenvalue weighted by Gasteiger charge is -2.21. The van der Waals surface area contributed by atoms with Gasteiger partial charge in [0.15, 0.2) is 11.5 Å². The molecular formula is C16H23NO4. The van der Waals surface area contributed by atoms with Gasteiger partial charge >= 0.3 is 5.97 Å². The summed E-state index contributed by atoms with van der Waals surface area (Å²) in [6.45, 7) is 5.37. The smallest absolute Gasteiger partial charge is 0.306 e. The highest BCUT2D eigenvalue weighted by atomic mass is 16.6. The van der Waals surface area contributed by atoms with E-state index in [9.17, 15) is 4.79 Å². The summed E-state index contributed by atoms with van der Waals surface area (Å²) in [4.78, 5) is 11.5. The summed E-state index contributed by atoms with van der Waals surface area (Å²) in [6, 6.07) is 5.64. The number of esters is 1. The van der Waals surface area contributed by atoms with Crippen molar-refractivity contribution >= 4 is 5.97 Å². The highest BCUT2D eigenvalue weighted by Gasteiger charge is 2.18. The number of rotatable bonds is 6. The Labute approximate surface area is 125 Å². The van der Waals surface area contributed by atoms with E-state index in [1.807, 2.05) is 32.0 Å². The van der Waals surface area contributed by atoms with Crippen LogP contribution in [0, 0.1) is 5.92 Å². The fourth-order valence-electron chi connectivity index (χ4n) is 2.45. The van der Waals surface area contributed by atoms with Crippen molar-refractivity contribution in [1.82, 2.24) is 0 Å². The molecule has 0 amide bonds. The number of carbonyl (C=O) groups is 1. The number of hydrogen-bond donors (Lipinski definition) is 1. The summed E-state index contributed by atoms with van der Waals surface area (Å²) in [5.74, 6) is 1.51. The van der Waals surface area contributed by atoms with Crippen LogP contribution >= 0.6 is 0 Å². The zero-order valence-electron chi connectivity index (χ0n) is 12.6. The van der Waals surface area contributed by atoms with Crippen LogP contribution in [0.5, 0.6) is 11.5 Å². The van der Waals surface area contributed by atoms with Crippen LogP contribution in [0.25, 0.3) is 0 Å². The van der Waals surface area contributed by atoms with Crippen LogP contribution in [0.4, 0.5) is 0 Å². The third kappa shape index (κ3) is 4.36. The average Bonchev–Trinajstić information content (AvgIpc) is 2.46. The van der Waals surface area contributed by atoms with Gasteiger partial charge in [0.2, 0.25) is 0 Å². The molecule has 0 fully saturated rings. The minimum atomic E-state index is -0.167. The van der Waals surface area contributed by atoms with E-state index in [0.29, 0.717) is 26.2 Å². The van der Waals surface area contributed by atoms with Gasteiger partial charge in [-0.15, -0.1) is 0 Å². The summed E-state index contributed by atoms with van der Waals surface area (Å²) in [5, 5.41) is 0. The third-order valence-electron chi connectivity index (χ3n) is 3.47. The lowest BCUT2D eigenvalue weighted by Crippen LogP contribution is -2.19. The number of nitrogens with two attached hydrogens (primary N) is 1. The minimum absolute atomic E-state index is 0.134. The number of carbonyl (C=O) groups excluding carboxylic acids is 1. The lowest BCUT2D eigenvalue weighted by atomic mass is 9.94. The first-order valence-corrected chi connectivity index (χ1v) is 7.41. The van der Waals surface area contributed by atoms with Crippen LogP contribution < -0.4 is 15.2 Å². The zero-order chi connectivity index (χ0) is 15.2. The van der Waals surface area contributed by atoms with Crippen molar-refractivity contribution in [1.29, 1.82) is 0 Å². The summed E-state index contributed by atoms with van der Waals surface area (Å²) in [6.07, 6.45) is 1.12. The normalized spacial score (nSPS) is 16.1. The van der Waals surface area contributed by atoms with Gasteiger partial charge in [-0.25, -0.2) is 0 Å². The van der Waals surface area contributed by atoms with E-state index in [4.69, 9.17) is 19.9 Å². The molecule has 1 aromatic carbocycles. The van der Waals surface area contributed by atoms with Gasteiger partial charge in [0.05, 0.1) is 6.61 Å². The second-order valence-corrected chi connectivity index (χ2v) is 5.36. The largest absolute Gasteiger partial charge is 0.486 e. The number of fused-ring (bicyclic) bond motifs is 1. The van der Waals surface area contributed by atoms with Gasteiger partial charge in [-0.3, -0.25) is 4.79 Å². The van der Waals surface area contributed by atoms with Crippen LogP contribution in [0.3, 0.4) is 0 Å². The summed E-state index contributed by atoms with van der Waals surface area (Å²) >= 11 is 0. The van der Waals surface area contributed by atoms with Gasteiger partial charge in [0, 0.05) is 12.5 Å². The summed E-state index contributed by atoms with van der Waals surface area (Å²) in [5.41, 5.74) is 7.23. The molecule has 2 rings (SSSR count). The van der Waals surface area contributed by atoms with Crippen molar-refractivity contribution in [2.45, 2.75) is 32.7 Å². The molecule has 0 aliphatic carbocycles. The molecule has 0 saturated carbocycles. The van der Waals surface area contributed by atoms with Gasteiger partial charge in [0.25, 0.3) is 0 Å². The Kier molecular flexibility index (Phi) is 5.44. The topological polar surface area (TPSA) is 70.8 Å². The van der Waals surface area contributed by atoms with E-state index in [1.54, 1.807) is 0 Å². The first-order chi connectivity index (χ1) is 10.1. The monoisotopic (exact) mass is 293 g/mol. The molecule has 21 heavy (non-hydrogen) atoms. The highest BCUT2D eigenvalue weighted by molar-refractivity contribution is 5.69. The highest BCUT2D eigenvalue weighted by Crippen LogP contribution is 2.33. The summed E-state index contributed by atoms with van der Waals surface area (Å²) in [7, 11) is 0. The maximum atomic E-state index is 11.5. The zero-order valence-corrected chi connectivity index (χ0v) is 12.6. The molecule has 2 N–H and O–H groups in total. The fraction of sp³-hybridized carbons (Fsp3) is 0.562. The number of benzene rings is 1. The lowest BCUT2D eigenvalue weighted by molar-refractivity contribution is -0.144. The summed E-state index contributed by atoms with van der Waals surface area (Å²) < 4.78 is 16.0. The molecule has 0 bridgehead atoms. The van der Waals surface area contributed by atoms with E-state index in [1.165, 1.54) is 0 Å². The van der Waals surface area contributed by atoms with Crippen molar-refractivity contribution in [3.63, 3.8) is 0 Å². The van der Waals surface area contributed by atoms with Crippen molar-refractivity contribution < 1.29 is 19.0 Å². The van der Waals surface area contributed by atoms with Crippen LogP contribution in [0.2, 0.25) is 0 Å². The van der Waals surface area contributed by atoms with Gasteiger partial charge in [-0.1, -0.05) is 13.0 Å². The van der Waals surface area contributed by atoms with E-state index in [2.05, 4.69) is 0 Å². The average molecular weight is 293 g/mol. The van der Waals surface area contributed by atoms with Crippen molar-refractivity contribution in [3.8, 4) is 11.5 Å². The number of hydrogen-bond acceptors (Lipinski definition) is 5. The van der Waals surface area contributed by atoms with Gasteiger partial charge in [-0.05, 0) is 37.0 Å². The van der Waals surface area contributed by atoms with E-state index in [-0.39, 0.29) is 17.9 Å². The van der Waals surface area contributed by atoms with Gasteiger partial charge < -0.3 is 19.9 Å². The van der Waals surface area contributed by atoms with Gasteiger partial charge in [-0.2, -0.15) is 0 Å². The van der Waals surface area contributed by atoms with Crippen LogP contribution in [0.15, 0.2) is 18.2 Å². The second kappa shape index (κ2) is 7.31. The van der Waals surface area contributed by atoms with Crippen molar-refractivity contribution in [2.24, 2.45) is 11.7 Å². The first kappa shape index (κ1) is 15.6. The van der Waals surface area contributed by atoms with E-state index < -0.39 is 0 Å². The number of ether oxygens (including phenoxy) is 3. The predicted octanol–water partition coefficient (Wildman–Crippen LogP) is 2.44. The molecule has 5 nitrogen and oxygen atoms in total. The van der Waals surface area contributed by atoms with E-state index in [0.717, 1.165) is 23.5 Å². The fourth-order valence-corrected chi connectivity index (χ4v) is 2.45. The molecule has 2 atom stereocenters. The van der Waals surface area contributed by atoms with Crippen LogP contribution in [-0.2, 0) is 9.53 Å². The predicted molar refractivity (Wildman–Crippen MR) is 79.4 cm³/mol. The molecular weight excluding hydrogens is 270 g/mol. The quantitative estimate of drug-likeness (QED) is 0.816. The Balaban J connectivity index is 1.93. The first-order valence-electron chi connectivity index (χ1n) is 7.41. The molecule has 1 aromatic rings. The molecule has 2 unspecified atom stereocenters. The maximum Gasteiger partial charge on any atom is 0.306 e. The van der Waals surface area contributed by atoms with Crippen LogP contribution in [0.1, 0.15) is 38.3 Å². The molecule has 0 spiro atoms. The second-order valence-electron chi connectivity index (χ2n) is 5.36. The Bertz CT molecular complexity index is 489. The Morgan fingerprint density at radius 2 is 2.05 bits per heavy atom. The molecule has 0 radical (unpaired) electrons. The van der Waals surface area contributed by atoms with Gasteiger partial charge in [0.1, 0.15) is 13.2 Å². The Morgan fingerprint density at radius 3 is 2.76 bits per heavy atom.